The number of anilines is 3. The van der Waals surface area contributed by atoms with E-state index in [4.69, 9.17) is 0 Å². The maximum Gasteiger partial charge on any atom is 0.267 e. The normalized spacial score (nSPS) is 13.9. The lowest BCUT2D eigenvalue weighted by Gasteiger charge is -2.36. The van der Waals surface area contributed by atoms with Crippen LogP contribution in [0.2, 0.25) is 0 Å². The second-order valence-corrected chi connectivity index (χ2v) is 7.50. The summed E-state index contributed by atoms with van der Waals surface area (Å²) >= 11 is 0. The molecular formula is C23H24FN5O2. The zero-order valence-electron chi connectivity index (χ0n) is 17.3. The van der Waals surface area contributed by atoms with Gasteiger partial charge in [-0.25, -0.2) is 9.07 Å². The van der Waals surface area contributed by atoms with E-state index >= 15 is 0 Å². The number of aryl methyl sites for hydroxylation is 1. The molecular weight excluding hydrogens is 397 g/mol. The number of nitrogens with zero attached hydrogens (tertiary/aromatic N) is 4. The Labute approximate surface area is 179 Å². The number of aromatic nitrogens is 2. The van der Waals surface area contributed by atoms with Crippen LogP contribution in [0.4, 0.5) is 21.6 Å². The van der Waals surface area contributed by atoms with Gasteiger partial charge in [0.05, 0.1) is 0 Å². The molecule has 1 amide bonds. The van der Waals surface area contributed by atoms with E-state index in [0.29, 0.717) is 11.5 Å². The van der Waals surface area contributed by atoms with E-state index in [1.807, 2.05) is 18.2 Å². The fourth-order valence-corrected chi connectivity index (χ4v) is 3.61. The molecule has 31 heavy (non-hydrogen) atoms. The monoisotopic (exact) mass is 421 g/mol. The number of hydrogen-bond acceptors (Lipinski definition) is 5. The summed E-state index contributed by atoms with van der Waals surface area (Å²) in [4.78, 5) is 29.1. The maximum atomic E-state index is 13.5. The smallest absolute Gasteiger partial charge is 0.267 e. The summed E-state index contributed by atoms with van der Waals surface area (Å²) in [5, 5.41) is 7.04. The molecule has 2 heterocycles. The number of hydrogen-bond donors (Lipinski definition) is 1. The molecule has 1 aromatic heterocycles. The summed E-state index contributed by atoms with van der Waals surface area (Å²) in [6.45, 7) is 4.72. The van der Waals surface area contributed by atoms with Gasteiger partial charge in [0.15, 0.2) is 0 Å². The Bertz CT molecular complexity index is 1120. The van der Waals surface area contributed by atoms with E-state index in [0.717, 1.165) is 36.4 Å². The maximum absolute atomic E-state index is 13.5. The molecule has 1 N–H and O–H groups in total. The molecule has 8 heteroatoms. The topological polar surface area (TPSA) is 70.5 Å². The summed E-state index contributed by atoms with van der Waals surface area (Å²) in [5.74, 6) is -0.218. The molecule has 7 nitrogen and oxygen atoms in total. The van der Waals surface area contributed by atoms with Crippen LogP contribution >= 0.6 is 0 Å². The van der Waals surface area contributed by atoms with Crippen LogP contribution in [0, 0.1) is 12.7 Å². The van der Waals surface area contributed by atoms with Crippen molar-refractivity contribution in [3.05, 3.63) is 82.4 Å². The van der Waals surface area contributed by atoms with Crippen LogP contribution in [0.15, 0.2) is 65.5 Å². The molecule has 1 aliphatic rings. The van der Waals surface area contributed by atoms with Crippen molar-refractivity contribution in [2.24, 2.45) is 0 Å². The Balaban J connectivity index is 1.42. The van der Waals surface area contributed by atoms with Crippen LogP contribution in [0.5, 0.6) is 0 Å². The van der Waals surface area contributed by atoms with Crippen molar-refractivity contribution in [3.8, 4) is 0 Å². The Morgan fingerprint density at radius 2 is 1.71 bits per heavy atom. The third-order valence-electron chi connectivity index (χ3n) is 5.34. The van der Waals surface area contributed by atoms with E-state index in [1.54, 1.807) is 19.1 Å². The first kappa shape index (κ1) is 20.6. The first-order valence-corrected chi connectivity index (χ1v) is 10.2. The zero-order valence-corrected chi connectivity index (χ0v) is 17.3. The molecule has 0 atom stereocenters. The molecule has 160 valence electrons. The van der Waals surface area contributed by atoms with Gasteiger partial charge >= 0.3 is 0 Å². The predicted octanol–water partition coefficient (Wildman–Crippen LogP) is 2.66. The number of amides is 1. The fraction of sp³-hybridized carbons (Fsp3) is 0.261. The Morgan fingerprint density at radius 3 is 2.45 bits per heavy atom. The van der Waals surface area contributed by atoms with Crippen LogP contribution in [0.25, 0.3) is 0 Å². The van der Waals surface area contributed by atoms with Gasteiger partial charge in [0.1, 0.15) is 18.2 Å². The zero-order chi connectivity index (χ0) is 21.8. The van der Waals surface area contributed by atoms with Gasteiger partial charge in [0, 0.05) is 43.6 Å². The molecule has 1 fully saturated rings. The lowest BCUT2D eigenvalue weighted by Crippen LogP contribution is -2.47. The van der Waals surface area contributed by atoms with E-state index in [-0.39, 0.29) is 12.1 Å². The molecule has 0 unspecified atom stereocenters. The first-order valence-electron chi connectivity index (χ1n) is 10.2. The lowest BCUT2D eigenvalue weighted by molar-refractivity contribution is -0.117. The molecule has 0 bridgehead atoms. The molecule has 0 spiro atoms. The highest BCUT2D eigenvalue weighted by molar-refractivity contribution is 5.91. The summed E-state index contributed by atoms with van der Waals surface area (Å²) in [7, 11) is 0. The van der Waals surface area contributed by atoms with E-state index in [1.165, 1.54) is 23.9 Å². The van der Waals surface area contributed by atoms with Gasteiger partial charge in [-0.05, 0) is 42.8 Å². The number of carbonyl (C=O) groups excluding carboxylic acids is 1. The average Bonchev–Trinajstić information content (AvgIpc) is 2.78. The number of rotatable bonds is 5. The summed E-state index contributed by atoms with van der Waals surface area (Å²) in [5.41, 5.74) is 1.94. The molecule has 0 radical (unpaired) electrons. The van der Waals surface area contributed by atoms with Crippen molar-refractivity contribution >= 4 is 23.1 Å². The summed E-state index contributed by atoms with van der Waals surface area (Å²) in [6, 6.07) is 17.5. The first-order chi connectivity index (χ1) is 15.0. The van der Waals surface area contributed by atoms with Gasteiger partial charge in [-0.15, -0.1) is 0 Å². The number of benzene rings is 2. The highest BCUT2D eigenvalue weighted by Gasteiger charge is 2.19. The molecule has 1 saturated heterocycles. The number of nitrogens with one attached hydrogen (secondary N) is 1. The van der Waals surface area contributed by atoms with Gasteiger partial charge in [-0.1, -0.05) is 24.3 Å². The van der Waals surface area contributed by atoms with Crippen molar-refractivity contribution in [3.63, 3.8) is 0 Å². The molecule has 2 aromatic carbocycles. The van der Waals surface area contributed by atoms with E-state index in [9.17, 15) is 14.0 Å². The molecule has 1 aliphatic heterocycles. The highest BCUT2D eigenvalue weighted by atomic mass is 19.1. The lowest BCUT2D eigenvalue weighted by atomic mass is 10.2. The largest absolute Gasteiger partial charge is 0.368 e. The molecule has 3 aromatic rings. The third-order valence-corrected chi connectivity index (χ3v) is 5.34. The Morgan fingerprint density at radius 1 is 1.00 bits per heavy atom. The van der Waals surface area contributed by atoms with Crippen molar-refractivity contribution in [1.29, 1.82) is 0 Å². The fourth-order valence-electron chi connectivity index (χ4n) is 3.61. The van der Waals surface area contributed by atoms with Crippen LogP contribution in [-0.2, 0) is 11.3 Å². The third kappa shape index (κ3) is 4.91. The van der Waals surface area contributed by atoms with Crippen LogP contribution < -0.4 is 20.7 Å². The summed E-state index contributed by atoms with van der Waals surface area (Å²) in [6.07, 6.45) is 0. The Kier molecular flexibility index (Phi) is 5.97. The van der Waals surface area contributed by atoms with Crippen molar-refractivity contribution < 1.29 is 9.18 Å². The Hall–Kier alpha value is -3.68. The van der Waals surface area contributed by atoms with Crippen LogP contribution in [0.1, 0.15) is 5.56 Å². The predicted molar refractivity (Wildman–Crippen MR) is 119 cm³/mol. The number of halogens is 1. The number of para-hydroxylation sites is 1. The quantitative estimate of drug-likeness (QED) is 0.686. The second-order valence-electron chi connectivity index (χ2n) is 7.50. The van der Waals surface area contributed by atoms with E-state index in [2.05, 4.69) is 32.3 Å². The van der Waals surface area contributed by atoms with Crippen LogP contribution in [0.3, 0.4) is 0 Å². The summed E-state index contributed by atoms with van der Waals surface area (Å²) < 4.78 is 14.6. The average molecular weight is 421 g/mol. The van der Waals surface area contributed by atoms with Gasteiger partial charge in [0.2, 0.25) is 5.91 Å². The van der Waals surface area contributed by atoms with Crippen LogP contribution in [-0.4, -0.2) is 41.9 Å². The molecule has 4 rings (SSSR count). The standard InChI is InChI=1S/C23H24FN5O2/c1-17-7-8-18(24)15-20(17)25-22(30)16-29-23(31)10-9-21(26-29)28-13-11-27(12-14-28)19-5-3-2-4-6-19/h2-10,15H,11-14,16H2,1H3,(H,25,30). The van der Waals surface area contributed by atoms with Gasteiger partial charge in [-0.3, -0.25) is 9.59 Å². The van der Waals surface area contributed by atoms with Crippen molar-refractivity contribution in [2.45, 2.75) is 13.5 Å². The van der Waals surface area contributed by atoms with E-state index < -0.39 is 11.7 Å². The highest BCUT2D eigenvalue weighted by Crippen LogP contribution is 2.18. The number of carbonyl (C=O) groups is 1. The van der Waals surface area contributed by atoms with Crippen molar-refractivity contribution in [1.82, 2.24) is 9.78 Å². The molecule has 0 saturated carbocycles. The minimum atomic E-state index is -0.437. The minimum absolute atomic E-state index is 0.243. The van der Waals surface area contributed by atoms with Gasteiger partial charge < -0.3 is 15.1 Å². The van der Waals surface area contributed by atoms with Crippen molar-refractivity contribution in [2.75, 3.05) is 41.3 Å². The van der Waals surface area contributed by atoms with Gasteiger partial charge in [0.25, 0.3) is 5.56 Å². The second kappa shape index (κ2) is 8.99. The SMILES string of the molecule is Cc1ccc(F)cc1NC(=O)Cn1nc(N2CCN(c3ccccc3)CC2)ccc1=O. The minimum Gasteiger partial charge on any atom is -0.368 e. The van der Waals surface area contributed by atoms with Gasteiger partial charge in [-0.2, -0.15) is 5.10 Å². The number of piperazine rings is 1. The molecule has 0 aliphatic carbocycles.